The maximum Gasteiger partial charge on any atom is 0.416 e. The van der Waals surface area contributed by atoms with Crippen LogP contribution < -0.4 is 20.5 Å². The molecule has 27 heavy (non-hydrogen) atoms. The Hall–Kier alpha value is -3.23. The van der Waals surface area contributed by atoms with Gasteiger partial charge in [0.15, 0.2) is 0 Å². The monoisotopic (exact) mass is 382 g/mol. The van der Waals surface area contributed by atoms with Crippen LogP contribution in [0.4, 0.5) is 18.9 Å². The molecule has 0 bridgehead atoms. The Morgan fingerprint density at radius 2 is 1.78 bits per heavy atom. The molecule has 2 aromatic carbocycles. The number of alkyl halides is 3. The molecule has 0 saturated carbocycles. The average molecular weight is 382 g/mol. The highest BCUT2D eigenvalue weighted by Crippen LogP contribution is 2.32. The lowest BCUT2D eigenvalue weighted by Crippen LogP contribution is -2.18. The first kappa shape index (κ1) is 20.1. The number of benzene rings is 2. The first-order valence-corrected chi connectivity index (χ1v) is 7.67. The molecule has 0 unspecified atom stereocenters. The smallest absolute Gasteiger partial charge is 0.416 e. The van der Waals surface area contributed by atoms with Gasteiger partial charge in [0.05, 0.1) is 26.2 Å². The highest BCUT2D eigenvalue weighted by Gasteiger charge is 2.31. The van der Waals surface area contributed by atoms with Gasteiger partial charge in [-0.05, 0) is 36.4 Å². The fraction of sp³-hybridized carbons (Fsp3) is 0.222. The maximum atomic E-state index is 13.0. The van der Waals surface area contributed by atoms with Gasteiger partial charge in [-0.2, -0.15) is 13.2 Å². The third-order valence-electron chi connectivity index (χ3n) is 3.67. The van der Waals surface area contributed by atoms with Gasteiger partial charge in [-0.3, -0.25) is 9.59 Å². The molecule has 0 atom stereocenters. The van der Waals surface area contributed by atoms with Crippen LogP contribution in [0.15, 0.2) is 36.4 Å². The van der Waals surface area contributed by atoms with E-state index in [0.29, 0.717) is 23.1 Å². The topological polar surface area (TPSA) is 90.7 Å². The summed E-state index contributed by atoms with van der Waals surface area (Å²) in [5, 5.41) is 2.34. The van der Waals surface area contributed by atoms with Crippen LogP contribution in [0.1, 0.15) is 21.5 Å². The van der Waals surface area contributed by atoms with E-state index in [9.17, 15) is 22.8 Å². The fourth-order valence-corrected chi connectivity index (χ4v) is 2.40. The summed E-state index contributed by atoms with van der Waals surface area (Å²) in [7, 11) is 2.88. The van der Waals surface area contributed by atoms with Crippen LogP contribution in [0.3, 0.4) is 0 Å². The van der Waals surface area contributed by atoms with Crippen molar-refractivity contribution in [1.82, 2.24) is 0 Å². The quantitative estimate of drug-likeness (QED) is 0.804. The highest BCUT2D eigenvalue weighted by atomic mass is 19.4. The van der Waals surface area contributed by atoms with E-state index in [-0.39, 0.29) is 17.7 Å². The Morgan fingerprint density at radius 3 is 2.33 bits per heavy atom. The number of primary amides is 1. The summed E-state index contributed by atoms with van der Waals surface area (Å²) >= 11 is 0. The van der Waals surface area contributed by atoms with E-state index >= 15 is 0 Å². The number of anilines is 1. The van der Waals surface area contributed by atoms with Crippen molar-refractivity contribution in [3.8, 4) is 11.5 Å². The molecule has 0 aromatic heterocycles. The number of carbonyl (C=O) groups excluding carboxylic acids is 2. The number of halogens is 3. The standard InChI is InChI=1S/C18H17F3N2O4/c1-26-14-3-4-15(27-2)10(7-14)8-16(24)23-13-6-11(17(22)25)5-12(9-13)18(19,20)21/h3-7,9H,8H2,1-2H3,(H2,22,25)(H,23,24). The molecule has 0 aliphatic rings. The molecule has 144 valence electrons. The third-order valence-corrected chi connectivity index (χ3v) is 3.67. The summed E-state index contributed by atoms with van der Waals surface area (Å²) < 4.78 is 49.2. The second-order valence-electron chi connectivity index (χ2n) is 5.56. The number of ether oxygens (including phenoxy) is 2. The minimum atomic E-state index is -4.69. The van der Waals surface area contributed by atoms with Crippen molar-refractivity contribution in [3.63, 3.8) is 0 Å². The minimum absolute atomic E-state index is 0.178. The van der Waals surface area contributed by atoms with E-state index in [1.165, 1.54) is 14.2 Å². The minimum Gasteiger partial charge on any atom is -0.497 e. The van der Waals surface area contributed by atoms with E-state index in [2.05, 4.69) is 5.32 Å². The summed E-state index contributed by atoms with van der Waals surface area (Å²) in [6, 6.07) is 7.27. The molecule has 0 spiro atoms. The first-order chi connectivity index (χ1) is 12.6. The highest BCUT2D eigenvalue weighted by molar-refractivity contribution is 5.97. The number of nitrogens with two attached hydrogens (primary N) is 1. The Morgan fingerprint density at radius 1 is 1.07 bits per heavy atom. The Bertz CT molecular complexity index is 866. The molecule has 2 amide bonds. The van der Waals surface area contributed by atoms with E-state index in [4.69, 9.17) is 15.2 Å². The Labute approximate surface area is 153 Å². The van der Waals surface area contributed by atoms with E-state index in [1.54, 1.807) is 18.2 Å². The van der Waals surface area contributed by atoms with Crippen LogP contribution in [-0.2, 0) is 17.4 Å². The molecular formula is C18H17F3N2O4. The zero-order chi connectivity index (χ0) is 20.2. The second kappa shape index (κ2) is 7.98. The van der Waals surface area contributed by atoms with Crippen molar-refractivity contribution < 1.29 is 32.2 Å². The van der Waals surface area contributed by atoms with E-state index in [0.717, 1.165) is 12.1 Å². The molecular weight excluding hydrogens is 365 g/mol. The fourth-order valence-electron chi connectivity index (χ4n) is 2.40. The number of hydrogen-bond donors (Lipinski definition) is 2. The zero-order valence-corrected chi connectivity index (χ0v) is 14.5. The van der Waals surface area contributed by atoms with Crippen molar-refractivity contribution in [1.29, 1.82) is 0 Å². The Balaban J connectivity index is 2.28. The lowest BCUT2D eigenvalue weighted by molar-refractivity contribution is -0.137. The Kier molecular flexibility index (Phi) is 5.94. The number of methoxy groups -OCH3 is 2. The van der Waals surface area contributed by atoms with Crippen LogP contribution in [-0.4, -0.2) is 26.0 Å². The van der Waals surface area contributed by atoms with Crippen molar-refractivity contribution in [3.05, 3.63) is 53.1 Å². The van der Waals surface area contributed by atoms with Crippen molar-refractivity contribution >= 4 is 17.5 Å². The summed E-state index contributed by atoms with van der Waals surface area (Å²) in [5.74, 6) is -0.719. The predicted octanol–water partition coefficient (Wildman–Crippen LogP) is 3.00. The molecule has 0 saturated heterocycles. The molecule has 0 aliphatic carbocycles. The molecule has 9 heteroatoms. The van der Waals surface area contributed by atoms with Gasteiger partial charge in [0.1, 0.15) is 11.5 Å². The van der Waals surface area contributed by atoms with Gasteiger partial charge in [-0.15, -0.1) is 0 Å². The number of nitrogens with one attached hydrogen (secondary N) is 1. The molecule has 0 radical (unpaired) electrons. The van der Waals surface area contributed by atoms with Gasteiger partial charge >= 0.3 is 6.18 Å². The molecule has 3 N–H and O–H groups in total. The molecule has 0 heterocycles. The lowest BCUT2D eigenvalue weighted by Gasteiger charge is -2.13. The predicted molar refractivity (Wildman–Crippen MR) is 91.8 cm³/mol. The van der Waals surface area contributed by atoms with E-state index < -0.39 is 23.6 Å². The maximum absolute atomic E-state index is 13.0. The molecule has 6 nitrogen and oxygen atoms in total. The second-order valence-corrected chi connectivity index (χ2v) is 5.56. The number of carbonyl (C=O) groups is 2. The van der Waals surface area contributed by atoms with Gasteiger partial charge in [0.2, 0.25) is 11.8 Å². The summed E-state index contributed by atoms with van der Waals surface area (Å²) in [6.07, 6.45) is -4.87. The van der Waals surface area contributed by atoms with Gasteiger partial charge in [0, 0.05) is 16.8 Å². The first-order valence-electron chi connectivity index (χ1n) is 7.67. The average Bonchev–Trinajstić information content (AvgIpc) is 2.60. The van der Waals surface area contributed by atoms with Crippen molar-refractivity contribution in [2.75, 3.05) is 19.5 Å². The van der Waals surface area contributed by atoms with Crippen molar-refractivity contribution in [2.24, 2.45) is 5.73 Å². The summed E-state index contributed by atoms with van der Waals surface area (Å²) in [4.78, 5) is 23.6. The zero-order valence-electron chi connectivity index (χ0n) is 14.5. The lowest BCUT2D eigenvalue weighted by atomic mass is 10.1. The van der Waals surface area contributed by atoms with Crippen LogP contribution in [0.5, 0.6) is 11.5 Å². The summed E-state index contributed by atoms with van der Waals surface area (Å²) in [5.41, 5.74) is 3.91. The molecule has 0 aliphatic heterocycles. The van der Waals surface area contributed by atoms with Crippen LogP contribution in [0.2, 0.25) is 0 Å². The number of hydrogen-bond acceptors (Lipinski definition) is 4. The van der Waals surface area contributed by atoms with Crippen LogP contribution in [0, 0.1) is 0 Å². The van der Waals surface area contributed by atoms with Crippen molar-refractivity contribution in [2.45, 2.75) is 12.6 Å². The third kappa shape index (κ3) is 5.13. The number of rotatable bonds is 6. The largest absolute Gasteiger partial charge is 0.497 e. The van der Waals surface area contributed by atoms with Gasteiger partial charge in [0.25, 0.3) is 0 Å². The molecule has 2 aromatic rings. The van der Waals surface area contributed by atoms with Gasteiger partial charge in [-0.25, -0.2) is 0 Å². The van der Waals surface area contributed by atoms with Gasteiger partial charge < -0.3 is 20.5 Å². The molecule has 0 fully saturated rings. The summed E-state index contributed by atoms with van der Waals surface area (Å²) in [6.45, 7) is 0. The van der Waals surface area contributed by atoms with Gasteiger partial charge in [-0.1, -0.05) is 0 Å². The normalized spacial score (nSPS) is 11.0. The number of amides is 2. The molecule has 2 rings (SSSR count). The van der Waals surface area contributed by atoms with Crippen LogP contribution in [0.25, 0.3) is 0 Å². The SMILES string of the molecule is COc1ccc(OC)c(CC(=O)Nc2cc(C(N)=O)cc(C(F)(F)F)c2)c1. The van der Waals surface area contributed by atoms with E-state index in [1.807, 2.05) is 0 Å². The van der Waals surface area contributed by atoms with Crippen LogP contribution >= 0.6 is 0 Å².